The van der Waals surface area contributed by atoms with E-state index in [1.165, 1.54) is 7.05 Å². The summed E-state index contributed by atoms with van der Waals surface area (Å²) >= 11 is 0. The van der Waals surface area contributed by atoms with E-state index in [4.69, 9.17) is 0 Å². The minimum atomic E-state index is -3.38. The molecule has 0 unspecified atom stereocenters. The Morgan fingerprint density at radius 2 is 2.04 bits per heavy atom. The highest BCUT2D eigenvalue weighted by Crippen LogP contribution is 2.25. The van der Waals surface area contributed by atoms with Crippen molar-refractivity contribution in [3.8, 4) is 0 Å². The molecule has 1 heterocycles. The number of hydrogen-bond donors (Lipinski definition) is 4. The van der Waals surface area contributed by atoms with E-state index in [9.17, 15) is 23.1 Å². The minimum absolute atomic E-state index is 0.00773. The lowest BCUT2D eigenvalue weighted by Gasteiger charge is -2.32. The SMILES string of the molecule is CNS(=O)(=O)CCNC(=O)[C@H]1CC[C@H](NC(=O)c2cccc(C)n2)[C@@H](O)C1. The van der Waals surface area contributed by atoms with Crippen molar-refractivity contribution in [3.05, 3.63) is 29.6 Å². The molecular formula is C17H26N4O5S. The number of nitrogens with one attached hydrogen (secondary N) is 3. The monoisotopic (exact) mass is 398 g/mol. The first-order valence-electron chi connectivity index (χ1n) is 8.83. The Labute approximate surface area is 159 Å². The van der Waals surface area contributed by atoms with E-state index in [1.807, 2.05) is 0 Å². The van der Waals surface area contributed by atoms with E-state index < -0.39 is 28.1 Å². The second-order valence-electron chi connectivity index (χ2n) is 6.64. The molecule has 4 N–H and O–H groups in total. The van der Waals surface area contributed by atoms with Crippen molar-refractivity contribution in [2.75, 3.05) is 19.3 Å². The van der Waals surface area contributed by atoms with Crippen LogP contribution in [0.1, 0.15) is 35.4 Å². The number of carbonyl (C=O) groups is 2. The second-order valence-corrected chi connectivity index (χ2v) is 8.68. The molecule has 1 fully saturated rings. The number of nitrogens with zero attached hydrogens (tertiary/aromatic N) is 1. The molecule has 9 nitrogen and oxygen atoms in total. The van der Waals surface area contributed by atoms with Crippen LogP contribution in [0.15, 0.2) is 18.2 Å². The van der Waals surface area contributed by atoms with Gasteiger partial charge < -0.3 is 15.7 Å². The Hall–Kier alpha value is -2.04. The molecule has 0 radical (unpaired) electrons. The summed E-state index contributed by atoms with van der Waals surface area (Å²) in [5.41, 5.74) is 1.01. The van der Waals surface area contributed by atoms with Crippen molar-refractivity contribution < 1.29 is 23.1 Å². The number of carbonyl (C=O) groups excluding carboxylic acids is 2. The van der Waals surface area contributed by atoms with Crippen LogP contribution >= 0.6 is 0 Å². The van der Waals surface area contributed by atoms with Crippen LogP contribution in [0, 0.1) is 12.8 Å². The average Bonchev–Trinajstić information content (AvgIpc) is 2.63. The molecule has 1 aliphatic carbocycles. The van der Waals surface area contributed by atoms with Crippen LogP contribution in [0.4, 0.5) is 0 Å². The number of aliphatic hydroxyl groups excluding tert-OH is 1. The summed E-state index contributed by atoms with van der Waals surface area (Å²) in [4.78, 5) is 28.6. The maximum atomic E-state index is 12.3. The van der Waals surface area contributed by atoms with Crippen molar-refractivity contribution in [1.82, 2.24) is 20.3 Å². The normalized spacial score (nSPS) is 22.9. The Balaban J connectivity index is 1.82. The third kappa shape index (κ3) is 6.26. The maximum absolute atomic E-state index is 12.3. The number of aryl methyl sites for hydroxylation is 1. The highest BCUT2D eigenvalue weighted by atomic mass is 32.2. The lowest BCUT2D eigenvalue weighted by atomic mass is 9.83. The third-order valence-electron chi connectivity index (χ3n) is 4.61. The maximum Gasteiger partial charge on any atom is 0.270 e. The molecule has 10 heteroatoms. The first-order valence-corrected chi connectivity index (χ1v) is 10.5. The molecule has 0 aliphatic heterocycles. The van der Waals surface area contributed by atoms with Crippen molar-refractivity contribution in [1.29, 1.82) is 0 Å². The summed E-state index contributed by atoms with van der Waals surface area (Å²) in [5.74, 6) is -1.26. The highest BCUT2D eigenvalue weighted by molar-refractivity contribution is 7.89. The second kappa shape index (κ2) is 9.25. The molecule has 1 saturated carbocycles. The van der Waals surface area contributed by atoms with Gasteiger partial charge in [-0.05, 0) is 45.4 Å². The first kappa shape index (κ1) is 21.3. The van der Waals surface area contributed by atoms with Gasteiger partial charge in [0.05, 0.1) is 17.9 Å². The average molecular weight is 398 g/mol. The molecule has 0 spiro atoms. The minimum Gasteiger partial charge on any atom is -0.391 e. The standard InChI is InChI=1S/C17H26N4O5S/c1-11-4-3-5-14(20-11)17(24)21-13-7-6-12(10-15(13)22)16(23)19-8-9-27(25,26)18-2/h3-5,12-13,15,18,22H,6-10H2,1-2H3,(H,19,23)(H,21,24)/t12-,13-,15-/m0/s1. The Morgan fingerprint density at radius 1 is 1.30 bits per heavy atom. The molecule has 2 amide bonds. The van der Waals surface area contributed by atoms with Crippen molar-refractivity contribution in [2.24, 2.45) is 5.92 Å². The molecular weight excluding hydrogens is 372 g/mol. The summed E-state index contributed by atoms with van der Waals surface area (Å²) in [6, 6.07) is 4.68. The zero-order chi connectivity index (χ0) is 20.0. The number of sulfonamides is 1. The van der Waals surface area contributed by atoms with Gasteiger partial charge in [0.25, 0.3) is 5.91 Å². The smallest absolute Gasteiger partial charge is 0.270 e. The fourth-order valence-corrected chi connectivity index (χ4v) is 3.59. The van der Waals surface area contributed by atoms with Crippen molar-refractivity contribution in [2.45, 2.75) is 38.3 Å². The van der Waals surface area contributed by atoms with Gasteiger partial charge in [0.15, 0.2) is 0 Å². The number of amides is 2. The predicted molar refractivity (Wildman–Crippen MR) is 99.4 cm³/mol. The third-order valence-corrected chi connectivity index (χ3v) is 5.97. The van der Waals surface area contributed by atoms with Crippen molar-refractivity contribution in [3.63, 3.8) is 0 Å². The summed E-state index contributed by atoms with van der Waals surface area (Å²) in [5, 5.41) is 15.7. The quantitative estimate of drug-likeness (QED) is 0.480. The van der Waals surface area contributed by atoms with Crippen LogP contribution in [-0.2, 0) is 14.8 Å². The number of aromatic nitrogens is 1. The highest BCUT2D eigenvalue weighted by Gasteiger charge is 2.33. The van der Waals surface area contributed by atoms with E-state index in [0.29, 0.717) is 12.8 Å². The van der Waals surface area contributed by atoms with Crippen LogP contribution in [0.25, 0.3) is 0 Å². The van der Waals surface area contributed by atoms with E-state index in [1.54, 1.807) is 25.1 Å². The Bertz CT molecular complexity index is 783. The van der Waals surface area contributed by atoms with E-state index >= 15 is 0 Å². The Kier molecular flexibility index (Phi) is 7.28. The summed E-state index contributed by atoms with van der Waals surface area (Å²) in [6.45, 7) is 1.80. The summed E-state index contributed by atoms with van der Waals surface area (Å²) in [7, 11) is -2.06. The molecule has 27 heavy (non-hydrogen) atoms. The molecule has 0 aromatic carbocycles. The molecule has 0 bridgehead atoms. The van der Waals surface area contributed by atoms with E-state index in [2.05, 4.69) is 20.3 Å². The number of pyridine rings is 1. The summed E-state index contributed by atoms with van der Waals surface area (Å²) in [6.07, 6.45) is 0.292. The van der Waals surface area contributed by atoms with Gasteiger partial charge in [-0.1, -0.05) is 6.07 Å². The molecule has 2 rings (SSSR count). The zero-order valence-electron chi connectivity index (χ0n) is 15.4. The van der Waals surface area contributed by atoms with Gasteiger partial charge in [-0.15, -0.1) is 0 Å². The zero-order valence-corrected chi connectivity index (χ0v) is 16.3. The van der Waals surface area contributed by atoms with Gasteiger partial charge in [-0.2, -0.15) is 0 Å². The molecule has 3 atom stereocenters. The molecule has 0 saturated heterocycles. The van der Waals surface area contributed by atoms with E-state index in [-0.39, 0.29) is 36.2 Å². The van der Waals surface area contributed by atoms with Crippen LogP contribution in [0.3, 0.4) is 0 Å². The molecule has 1 aliphatic rings. The first-order chi connectivity index (χ1) is 12.7. The lowest BCUT2D eigenvalue weighted by Crippen LogP contribution is -2.49. The van der Waals surface area contributed by atoms with Gasteiger partial charge >= 0.3 is 0 Å². The number of hydrogen-bond acceptors (Lipinski definition) is 6. The van der Waals surface area contributed by atoms with Crippen molar-refractivity contribution >= 4 is 21.8 Å². The van der Waals surface area contributed by atoms with Gasteiger partial charge in [0, 0.05) is 18.2 Å². The van der Waals surface area contributed by atoms with Gasteiger partial charge in [-0.25, -0.2) is 18.1 Å². The molecule has 1 aromatic rings. The number of rotatable bonds is 7. The predicted octanol–water partition coefficient (Wildman–Crippen LogP) is -0.685. The van der Waals surface area contributed by atoms with Gasteiger partial charge in [0.2, 0.25) is 15.9 Å². The van der Waals surface area contributed by atoms with Crippen LogP contribution in [-0.4, -0.2) is 61.8 Å². The molecule has 150 valence electrons. The van der Waals surface area contributed by atoms with Crippen LogP contribution in [0.5, 0.6) is 0 Å². The fraction of sp³-hybridized carbons (Fsp3) is 0.588. The molecule has 1 aromatic heterocycles. The Morgan fingerprint density at radius 3 is 2.67 bits per heavy atom. The lowest BCUT2D eigenvalue weighted by molar-refractivity contribution is -0.127. The van der Waals surface area contributed by atoms with Gasteiger partial charge in [-0.3, -0.25) is 9.59 Å². The summed E-state index contributed by atoms with van der Waals surface area (Å²) < 4.78 is 24.9. The van der Waals surface area contributed by atoms with Crippen LogP contribution in [0.2, 0.25) is 0 Å². The largest absolute Gasteiger partial charge is 0.391 e. The number of aliphatic hydroxyl groups is 1. The van der Waals surface area contributed by atoms with Crippen LogP contribution < -0.4 is 15.4 Å². The topological polar surface area (TPSA) is 137 Å². The van der Waals surface area contributed by atoms with E-state index in [0.717, 1.165) is 5.69 Å². The fourth-order valence-electron chi connectivity index (χ4n) is 3.02. The van der Waals surface area contributed by atoms with Gasteiger partial charge in [0.1, 0.15) is 5.69 Å².